The third kappa shape index (κ3) is 3.18. The molecule has 1 aromatic rings. The van der Waals surface area contributed by atoms with Gasteiger partial charge in [0, 0.05) is 17.7 Å². The van der Waals surface area contributed by atoms with Gasteiger partial charge in [0.25, 0.3) is 5.91 Å². The van der Waals surface area contributed by atoms with Crippen LogP contribution >= 0.6 is 11.3 Å². The molecule has 3 N–H and O–H groups in total. The van der Waals surface area contributed by atoms with Crippen LogP contribution in [0.1, 0.15) is 40.2 Å². The largest absolute Gasteiger partial charge is 0.289 e. The number of carbonyl (C=O) groups excluding carboxylic acids is 3. The Kier molecular flexibility index (Phi) is 4.28. The number of hydrogen-bond acceptors (Lipinski definition) is 5. The maximum atomic E-state index is 11.8. The summed E-state index contributed by atoms with van der Waals surface area (Å²) in [4.78, 5) is 37.5. The van der Waals surface area contributed by atoms with E-state index in [9.17, 15) is 14.4 Å². The molecule has 0 saturated carbocycles. The molecular weight excluding hydrogens is 266 g/mol. The van der Waals surface area contributed by atoms with Crippen LogP contribution in [0.25, 0.3) is 0 Å². The van der Waals surface area contributed by atoms with Gasteiger partial charge < -0.3 is 0 Å². The molecule has 7 heteroatoms. The minimum absolute atomic E-state index is 0.138. The number of hydrazine groups is 1. The predicted octanol–water partition coefficient (Wildman–Crippen LogP) is 0.781. The van der Waals surface area contributed by atoms with E-state index in [0.717, 1.165) is 17.7 Å². The van der Waals surface area contributed by atoms with Gasteiger partial charge in [-0.2, -0.15) is 0 Å². The molecule has 0 atom stereocenters. The number of amides is 3. The van der Waals surface area contributed by atoms with Crippen LogP contribution in [0.3, 0.4) is 0 Å². The minimum atomic E-state index is -0.371. The maximum absolute atomic E-state index is 11.8. The van der Waals surface area contributed by atoms with E-state index in [0.29, 0.717) is 17.7 Å². The van der Waals surface area contributed by atoms with Gasteiger partial charge in [-0.1, -0.05) is 0 Å². The number of rotatable bonds is 3. The zero-order chi connectivity index (χ0) is 13.8. The summed E-state index contributed by atoms with van der Waals surface area (Å²) in [5.74, 6) is 4.40. The molecule has 3 amide bonds. The fourth-order valence-electron chi connectivity index (χ4n) is 1.95. The molecule has 1 aromatic heterocycles. The number of hydrogen-bond donors (Lipinski definition) is 2. The number of nitrogens with zero attached hydrogens (tertiary/aromatic N) is 1. The van der Waals surface area contributed by atoms with Crippen LogP contribution < -0.4 is 11.3 Å². The molecule has 6 nitrogen and oxygen atoms in total. The van der Waals surface area contributed by atoms with E-state index >= 15 is 0 Å². The fourth-order valence-corrected chi connectivity index (χ4v) is 2.85. The number of nitrogen functional groups attached to an aromatic ring is 1. The molecule has 0 aromatic carbocycles. The second-order valence-electron chi connectivity index (χ2n) is 4.32. The van der Waals surface area contributed by atoms with Crippen molar-refractivity contribution in [1.82, 2.24) is 10.3 Å². The lowest BCUT2D eigenvalue weighted by Gasteiger charge is -2.17. The number of carbonyl (C=O) groups is 3. The average molecular weight is 281 g/mol. The first-order valence-corrected chi connectivity index (χ1v) is 6.86. The molecule has 0 aliphatic carbocycles. The van der Waals surface area contributed by atoms with Crippen molar-refractivity contribution in [3.05, 3.63) is 21.9 Å². The highest BCUT2D eigenvalue weighted by molar-refractivity contribution is 7.14. The van der Waals surface area contributed by atoms with E-state index in [-0.39, 0.29) is 24.3 Å². The Labute approximate surface area is 114 Å². The summed E-state index contributed by atoms with van der Waals surface area (Å²) in [7, 11) is 0. The summed E-state index contributed by atoms with van der Waals surface area (Å²) >= 11 is 1.23. The fraction of sp³-hybridized carbons (Fsp3) is 0.417. The third-order valence-electron chi connectivity index (χ3n) is 2.96. The second-order valence-corrected chi connectivity index (χ2v) is 5.49. The molecule has 0 spiro atoms. The normalized spacial score (nSPS) is 16.4. The molecule has 0 radical (unpaired) electrons. The minimum Gasteiger partial charge on any atom is -0.289 e. The first kappa shape index (κ1) is 13.7. The Hall–Kier alpha value is -1.73. The summed E-state index contributed by atoms with van der Waals surface area (Å²) in [6.07, 6.45) is 2.33. The van der Waals surface area contributed by atoms with Gasteiger partial charge in [0.15, 0.2) is 0 Å². The summed E-state index contributed by atoms with van der Waals surface area (Å²) < 4.78 is 0. The third-order valence-corrected chi connectivity index (χ3v) is 4.03. The van der Waals surface area contributed by atoms with Gasteiger partial charge in [-0.3, -0.25) is 24.7 Å². The van der Waals surface area contributed by atoms with E-state index in [1.54, 1.807) is 12.1 Å². The number of imide groups is 1. The van der Waals surface area contributed by atoms with E-state index < -0.39 is 0 Å². The van der Waals surface area contributed by atoms with Crippen LogP contribution in [0.5, 0.6) is 0 Å². The number of nitrogens with one attached hydrogen (secondary N) is 1. The van der Waals surface area contributed by atoms with E-state index in [4.69, 9.17) is 5.84 Å². The topological polar surface area (TPSA) is 92.5 Å². The molecule has 0 bridgehead atoms. The van der Waals surface area contributed by atoms with Crippen molar-refractivity contribution in [2.24, 2.45) is 5.84 Å². The highest BCUT2D eigenvalue weighted by atomic mass is 32.1. The molecule has 1 aliphatic heterocycles. The predicted molar refractivity (Wildman–Crippen MR) is 70.0 cm³/mol. The zero-order valence-corrected chi connectivity index (χ0v) is 11.2. The smallest absolute Gasteiger partial charge is 0.275 e. The van der Waals surface area contributed by atoms with Crippen molar-refractivity contribution in [2.75, 3.05) is 0 Å². The van der Waals surface area contributed by atoms with Gasteiger partial charge in [0.1, 0.15) is 0 Å². The van der Waals surface area contributed by atoms with Crippen molar-refractivity contribution in [3.63, 3.8) is 0 Å². The Morgan fingerprint density at radius 1 is 1.26 bits per heavy atom. The molecule has 2 heterocycles. The maximum Gasteiger partial charge on any atom is 0.275 e. The summed E-state index contributed by atoms with van der Waals surface area (Å²) in [5, 5.41) is 0. The van der Waals surface area contributed by atoms with Gasteiger partial charge in [-0.25, -0.2) is 5.84 Å². The molecule has 1 saturated heterocycles. The zero-order valence-electron chi connectivity index (χ0n) is 10.3. The average Bonchev–Trinajstić information content (AvgIpc) is 2.82. The Bertz CT molecular complexity index is 494. The first-order valence-electron chi connectivity index (χ1n) is 6.04. The Morgan fingerprint density at radius 3 is 2.47 bits per heavy atom. The Morgan fingerprint density at radius 2 is 1.89 bits per heavy atom. The van der Waals surface area contributed by atoms with Crippen LogP contribution in [-0.2, 0) is 16.1 Å². The second kappa shape index (κ2) is 5.94. The quantitative estimate of drug-likeness (QED) is 0.370. The van der Waals surface area contributed by atoms with Crippen molar-refractivity contribution < 1.29 is 14.4 Å². The van der Waals surface area contributed by atoms with Crippen LogP contribution in [0, 0.1) is 0 Å². The number of thiophene rings is 1. The number of nitrogens with two attached hydrogens (primary N) is 1. The first-order chi connectivity index (χ1) is 9.11. The van der Waals surface area contributed by atoms with Gasteiger partial charge in [-0.15, -0.1) is 11.3 Å². The lowest BCUT2D eigenvalue weighted by molar-refractivity contribution is -0.144. The van der Waals surface area contributed by atoms with Crippen molar-refractivity contribution in [1.29, 1.82) is 0 Å². The van der Waals surface area contributed by atoms with E-state index in [2.05, 4.69) is 0 Å². The highest BCUT2D eigenvalue weighted by Crippen LogP contribution is 2.21. The summed E-state index contributed by atoms with van der Waals surface area (Å²) in [6, 6.07) is 3.37. The molecule has 0 unspecified atom stereocenters. The summed E-state index contributed by atoms with van der Waals surface area (Å²) in [6.45, 7) is 0.236. The van der Waals surface area contributed by atoms with Crippen molar-refractivity contribution >= 4 is 29.1 Å². The standard InChI is InChI=1S/C12H15N3O3S/c13-14-12(18)9-6-5-8(19-9)7-15-10(16)3-1-2-4-11(15)17/h5-6H,1-4,7,13H2,(H,14,18). The molecule has 2 rings (SSSR count). The van der Waals surface area contributed by atoms with Crippen LogP contribution in [0.4, 0.5) is 0 Å². The van der Waals surface area contributed by atoms with Gasteiger partial charge in [-0.05, 0) is 25.0 Å². The molecule has 1 fully saturated rings. The Balaban J connectivity index is 2.10. The lowest BCUT2D eigenvalue weighted by Crippen LogP contribution is -2.34. The van der Waals surface area contributed by atoms with Gasteiger partial charge in [0.2, 0.25) is 11.8 Å². The number of likely N-dealkylation sites (tertiary alicyclic amines) is 1. The molecule has 19 heavy (non-hydrogen) atoms. The van der Waals surface area contributed by atoms with Crippen molar-refractivity contribution in [3.8, 4) is 0 Å². The van der Waals surface area contributed by atoms with Crippen LogP contribution in [0.2, 0.25) is 0 Å². The molecular formula is C12H15N3O3S. The monoisotopic (exact) mass is 281 g/mol. The highest BCUT2D eigenvalue weighted by Gasteiger charge is 2.24. The summed E-state index contributed by atoms with van der Waals surface area (Å²) in [5.41, 5.74) is 2.05. The van der Waals surface area contributed by atoms with E-state index in [1.165, 1.54) is 16.2 Å². The molecule has 102 valence electrons. The van der Waals surface area contributed by atoms with Gasteiger partial charge >= 0.3 is 0 Å². The van der Waals surface area contributed by atoms with Crippen LogP contribution in [-0.4, -0.2) is 22.6 Å². The van der Waals surface area contributed by atoms with Crippen molar-refractivity contribution in [2.45, 2.75) is 32.2 Å². The van der Waals surface area contributed by atoms with Gasteiger partial charge in [0.05, 0.1) is 11.4 Å². The van der Waals surface area contributed by atoms with Crippen LogP contribution in [0.15, 0.2) is 12.1 Å². The SMILES string of the molecule is NNC(=O)c1ccc(CN2C(=O)CCCCC2=O)s1. The molecule has 1 aliphatic rings. The van der Waals surface area contributed by atoms with E-state index in [1.807, 2.05) is 5.43 Å². The lowest BCUT2D eigenvalue weighted by atomic mass is 10.2.